The van der Waals surface area contributed by atoms with Crippen LogP contribution in [0.2, 0.25) is 0 Å². The van der Waals surface area contributed by atoms with Gasteiger partial charge in [0.2, 0.25) is 11.8 Å². The number of thioether (sulfide) groups is 1. The molecule has 0 aliphatic carbocycles. The first-order valence-electron chi connectivity index (χ1n) is 10.7. The lowest BCUT2D eigenvalue weighted by Gasteiger charge is -2.15. The smallest absolute Gasteiger partial charge is 0.262 e. The van der Waals surface area contributed by atoms with E-state index < -0.39 is 0 Å². The van der Waals surface area contributed by atoms with Gasteiger partial charge in [-0.05, 0) is 31.7 Å². The van der Waals surface area contributed by atoms with Gasteiger partial charge >= 0.3 is 0 Å². The van der Waals surface area contributed by atoms with E-state index in [1.165, 1.54) is 23.1 Å². The van der Waals surface area contributed by atoms with Crippen LogP contribution in [0.3, 0.4) is 0 Å². The molecule has 0 atom stereocenters. The number of nitrogens with one attached hydrogen (secondary N) is 1. The topological polar surface area (TPSA) is 93.5 Å². The molecule has 8 nitrogen and oxygen atoms in total. The SMILES string of the molecule is CCc1cc2c(=O)n(CCCOC)c(SCC(=O)NCCCN3CCCC3=O)nc2s1. The summed E-state index contributed by atoms with van der Waals surface area (Å²) in [5, 5.41) is 4.11. The Morgan fingerprint density at radius 3 is 2.87 bits per heavy atom. The Labute approximate surface area is 190 Å². The van der Waals surface area contributed by atoms with Crippen LogP contribution in [0.5, 0.6) is 0 Å². The number of hydrogen-bond donors (Lipinski definition) is 1. The second-order valence-electron chi connectivity index (χ2n) is 7.46. The summed E-state index contributed by atoms with van der Waals surface area (Å²) >= 11 is 2.81. The van der Waals surface area contributed by atoms with Crippen LogP contribution in [-0.2, 0) is 27.3 Å². The Morgan fingerprint density at radius 2 is 2.16 bits per heavy atom. The number of aromatic nitrogens is 2. The summed E-state index contributed by atoms with van der Waals surface area (Å²) in [7, 11) is 1.64. The van der Waals surface area contributed by atoms with Crippen LogP contribution < -0.4 is 10.9 Å². The van der Waals surface area contributed by atoms with E-state index in [4.69, 9.17) is 9.72 Å². The number of aryl methyl sites for hydroxylation is 1. The minimum atomic E-state index is -0.101. The van der Waals surface area contributed by atoms with E-state index in [9.17, 15) is 14.4 Å². The molecule has 2 amide bonds. The average molecular weight is 467 g/mol. The van der Waals surface area contributed by atoms with Crippen LogP contribution in [0.25, 0.3) is 10.2 Å². The first-order chi connectivity index (χ1) is 15.0. The lowest BCUT2D eigenvalue weighted by molar-refractivity contribution is -0.127. The Balaban J connectivity index is 1.59. The molecule has 1 fully saturated rings. The van der Waals surface area contributed by atoms with Gasteiger partial charge in [0.05, 0.1) is 11.1 Å². The van der Waals surface area contributed by atoms with Crippen molar-refractivity contribution in [3.63, 3.8) is 0 Å². The number of likely N-dealkylation sites (tertiary alicyclic amines) is 1. The molecular formula is C21H30N4O4S2. The van der Waals surface area contributed by atoms with Crippen LogP contribution >= 0.6 is 23.1 Å². The number of rotatable bonds is 12. The summed E-state index contributed by atoms with van der Waals surface area (Å²) in [5.41, 5.74) is -0.0600. The molecule has 1 aliphatic rings. The third kappa shape index (κ3) is 6.30. The maximum Gasteiger partial charge on any atom is 0.262 e. The molecule has 0 saturated carbocycles. The van der Waals surface area contributed by atoms with Gasteiger partial charge in [-0.2, -0.15) is 0 Å². The predicted molar refractivity (Wildman–Crippen MR) is 124 cm³/mol. The number of carbonyl (C=O) groups excluding carboxylic acids is 2. The van der Waals surface area contributed by atoms with Gasteiger partial charge in [-0.3, -0.25) is 19.0 Å². The van der Waals surface area contributed by atoms with Crippen molar-refractivity contribution in [2.45, 2.75) is 50.7 Å². The summed E-state index contributed by atoms with van der Waals surface area (Å²) in [6.45, 7) is 5.14. The van der Waals surface area contributed by atoms with Crippen molar-refractivity contribution >= 4 is 45.1 Å². The lowest BCUT2D eigenvalue weighted by Crippen LogP contribution is -2.31. The highest BCUT2D eigenvalue weighted by Crippen LogP contribution is 2.25. The number of carbonyl (C=O) groups is 2. The van der Waals surface area contributed by atoms with Crippen LogP contribution in [-0.4, -0.2) is 65.4 Å². The zero-order valence-corrected chi connectivity index (χ0v) is 19.8. The number of ether oxygens (including phenoxy) is 1. The Bertz CT molecular complexity index is 972. The van der Waals surface area contributed by atoms with Gasteiger partial charge in [-0.15, -0.1) is 11.3 Å². The zero-order chi connectivity index (χ0) is 22.2. The minimum absolute atomic E-state index is 0.0600. The van der Waals surface area contributed by atoms with E-state index >= 15 is 0 Å². The van der Waals surface area contributed by atoms with Crippen LogP contribution in [0.4, 0.5) is 0 Å². The molecule has 0 unspecified atom stereocenters. The molecule has 1 N–H and O–H groups in total. The Hall–Kier alpha value is -1.91. The molecule has 2 aromatic heterocycles. The Morgan fingerprint density at radius 1 is 1.32 bits per heavy atom. The van der Waals surface area contributed by atoms with Crippen molar-refractivity contribution < 1.29 is 14.3 Å². The molecule has 1 saturated heterocycles. The lowest BCUT2D eigenvalue weighted by atomic mass is 10.3. The van der Waals surface area contributed by atoms with Crippen molar-refractivity contribution in [1.29, 1.82) is 0 Å². The quantitative estimate of drug-likeness (QED) is 0.293. The van der Waals surface area contributed by atoms with Crippen molar-refractivity contribution in [1.82, 2.24) is 19.8 Å². The van der Waals surface area contributed by atoms with Crippen molar-refractivity contribution in [3.8, 4) is 0 Å². The van der Waals surface area contributed by atoms with Crippen LogP contribution in [0, 0.1) is 0 Å². The fraction of sp³-hybridized carbons (Fsp3) is 0.619. The highest BCUT2D eigenvalue weighted by molar-refractivity contribution is 7.99. The van der Waals surface area contributed by atoms with Gasteiger partial charge in [-0.25, -0.2) is 4.98 Å². The predicted octanol–water partition coefficient (Wildman–Crippen LogP) is 2.28. The number of amides is 2. The largest absolute Gasteiger partial charge is 0.385 e. The third-order valence-electron chi connectivity index (χ3n) is 5.18. The maximum atomic E-state index is 13.0. The fourth-order valence-corrected chi connectivity index (χ4v) is 5.38. The Kier molecular flexibility index (Phi) is 8.91. The third-order valence-corrected chi connectivity index (χ3v) is 7.33. The van der Waals surface area contributed by atoms with E-state index in [1.807, 2.05) is 11.0 Å². The monoisotopic (exact) mass is 466 g/mol. The zero-order valence-electron chi connectivity index (χ0n) is 18.1. The molecule has 10 heteroatoms. The standard InChI is InChI=1S/C21H30N4O4S2/c1-3-15-13-16-19(31-15)23-21(25(20(16)28)11-6-12-29-2)30-14-17(26)22-8-5-10-24-9-4-7-18(24)27/h13H,3-12,14H2,1-2H3,(H,22,26). The molecule has 0 radical (unpaired) electrons. The van der Waals surface area contributed by atoms with Crippen LogP contribution in [0.1, 0.15) is 37.5 Å². The molecule has 31 heavy (non-hydrogen) atoms. The molecule has 2 aromatic rings. The van der Waals surface area contributed by atoms with E-state index in [-0.39, 0.29) is 23.1 Å². The molecule has 0 spiro atoms. The average Bonchev–Trinajstić information content (AvgIpc) is 3.37. The molecular weight excluding hydrogens is 436 g/mol. The minimum Gasteiger partial charge on any atom is -0.385 e. The molecule has 170 valence electrons. The summed E-state index contributed by atoms with van der Waals surface area (Å²) in [6.07, 6.45) is 3.86. The van der Waals surface area contributed by atoms with E-state index in [2.05, 4.69) is 12.2 Å². The van der Waals surface area contributed by atoms with Crippen molar-refractivity contribution in [2.75, 3.05) is 39.1 Å². The van der Waals surface area contributed by atoms with Gasteiger partial charge in [0.1, 0.15) is 4.83 Å². The second kappa shape index (κ2) is 11.6. The molecule has 3 rings (SSSR count). The number of methoxy groups -OCH3 is 1. The normalized spacial score (nSPS) is 14.0. The van der Waals surface area contributed by atoms with Crippen LogP contribution in [0.15, 0.2) is 16.0 Å². The summed E-state index contributed by atoms with van der Waals surface area (Å²) in [6, 6.07) is 1.93. The molecule has 3 heterocycles. The van der Waals surface area contributed by atoms with Gasteiger partial charge in [0, 0.05) is 51.2 Å². The number of thiophene rings is 1. The molecule has 0 aromatic carbocycles. The number of hydrogen-bond acceptors (Lipinski definition) is 7. The fourth-order valence-electron chi connectivity index (χ4n) is 3.52. The summed E-state index contributed by atoms with van der Waals surface area (Å²) in [5.74, 6) is 0.294. The van der Waals surface area contributed by atoms with Crippen molar-refractivity contribution in [3.05, 3.63) is 21.3 Å². The molecule has 1 aliphatic heterocycles. The van der Waals surface area contributed by atoms with E-state index in [0.717, 1.165) is 35.5 Å². The van der Waals surface area contributed by atoms with Crippen molar-refractivity contribution in [2.24, 2.45) is 0 Å². The van der Waals surface area contributed by atoms with Gasteiger partial charge in [-0.1, -0.05) is 18.7 Å². The molecule has 0 bridgehead atoms. The highest BCUT2D eigenvalue weighted by Gasteiger charge is 2.19. The highest BCUT2D eigenvalue weighted by atomic mass is 32.2. The second-order valence-corrected chi connectivity index (χ2v) is 9.52. The van der Waals surface area contributed by atoms with Gasteiger partial charge < -0.3 is 15.0 Å². The van der Waals surface area contributed by atoms with E-state index in [1.54, 1.807) is 11.7 Å². The first kappa shape index (κ1) is 23.7. The number of nitrogens with zero attached hydrogens (tertiary/aromatic N) is 3. The van der Waals surface area contributed by atoms with E-state index in [0.29, 0.717) is 49.6 Å². The number of fused-ring (bicyclic) bond motifs is 1. The van der Waals surface area contributed by atoms with Gasteiger partial charge in [0.25, 0.3) is 5.56 Å². The first-order valence-corrected chi connectivity index (χ1v) is 12.5. The summed E-state index contributed by atoms with van der Waals surface area (Å²) < 4.78 is 6.78. The maximum absolute atomic E-state index is 13.0. The van der Waals surface area contributed by atoms with Gasteiger partial charge in [0.15, 0.2) is 5.16 Å². The summed E-state index contributed by atoms with van der Waals surface area (Å²) in [4.78, 5) is 45.3.